The number of aliphatic hydroxyl groups is 1. The summed E-state index contributed by atoms with van der Waals surface area (Å²) in [4.78, 5) is 0. The lowest BCUT2D eigenvalue weighted by Crippen LogP contribution is -2.24. The maximum Gasteiger partial charge on any atom is 0.126 e. The summed E-state index contributed by atoms with van der Waals surface area (Å²) in [5.74, 6) is 0.536. The van der Waals surface area contributed by atoms with Crippen molar-refractivity contribution in [3.05, 3.63) is 29.3 Å². The molecule has 0 heterocycles. The Bertz CT molecular complexity index is 359. The highest BCUT2D eigenvalue weighted by atomic mass is 19.1. The molecule has 90 valence electrons. The number of hydrogen-bond donors (Lipinski definition) is 1. The van der Waals surface area contributed by atoms with Crippen molar-refractivity contribution in [2.45, 2.75) is 32.4 Å². The number of methoxy groups -OCH3 is 1. The second kappa shape index (κ2) is 4.83. The van der Waals surface area contributed by atoms with E-state index in [4.69, 9.17) is 4.74 Å². The third-order valence-corrected chi connectivity index (χ3v) is 2.81. The fraction of sp³-hybridized carbons (Fsp3) is 0.538. The van der Waals surface area contributed by atoms with Gasteiger partial charge in [-0.05, 0) is 18.6 Å². The molecule has 0 aliphatic rings. The van der Waals surface area contributed by atoms with Crippen LogP contribution >= 0.6 is 0 Å². The lowest BCUT2D eigenvalue weighted by molar-refractivity contribution is 0.215. The van der Waals surface area contributed by atoms with Crippen LogP contribution in [0.25, 0.3) is 0 Å². The number of halogens is 1. The highest BCUT2D eigenvalue weighted by Crippen LogP contribution is 2.37. The molecule has 1 unspecified atom stereocenters. The molecule has 0 spiro atoms. The minimum atomic E-state index is -1.11. The summed E-state index contributed by atoms with van der Waals surface area (Å²) in [5.41, 5.74) is 0.859. The van der Waals surface area contributed by atoms with Gasteiger partial charge in [0.05, 0.1) is 13.7 Å². The smallest absolute Gasteiger partial charge is 0.126 e. The van der Waals surface area contributed by atoms with E-state index in [1.165, 1.54) is 14.0 Å². The summed E-state index contributed by atoms with van der Waals surface area (Å²) in [5, 5.41) is 9.35. The zero-order chi connectivity index (χ0) is 12.3. The predicted octanol–water partition coefficient (Wildman–Crippen LogP) is 3.00. The molecule has 1 atom stereocenters. The Kier molecular flexibility index (Phi) is 3.92. The molecule has 1 rings (SSSR count). The molecule has 0 amide bonds. The zero-order valence-electron chi connectivity index (χ0n) is 10.2. The second-order valence-electron chi connectivity index (χ2n) is 4.58. The minimum absolute atomic E-state index is 0.0279. The fourth-order valence-corrected chi connectivity index (χ4v) is 1.81. The van der Waals surface area contributed by atoms with Crippen molar-refractivity contribution in [2.75, 3.05) is 13.7 Å². The summed E-state index contributed by atoms with van der Waals surface area (Å²) in [6, 6.07) is 5.39. The topological polar surface area (TPSA) is 29.5 Å². The Morgan fingerprint density at radius 2 is 2.06 bits per heavy atom. The molecule has 0 bridgehead atoms. The maximum absolute atomic E-state index is 13.6. The van der Waals surface area contributed by atoms with Gasteiger partial charge in [0.1, 0.15) is 11.9 Å². The first kappa shape index (κ1) is 13.0. The molecule has 0 radical (unpaired) electrons. The molecule has 0 saturated heterocycles. The van der Waals surface area contributed by atoms with Crippen molar-refractivity contribution in [1.29, 1.82) is 0 Å². The number of hydrogen-bond acceptors (Lipinski definition) is 2. The first-order valence-electron chi connectivity index (χ1n) is 5.36. The Morgan fingerprint density at radius 1 is 1.44 bits per heavy atom. The van der Waals surface area contributed by atoms with Gasteiger partial charge in [0.25, 0.3) is 0 Å². The van der Waals surface area contributed by atoms with Crippen LogP contribution in [0, 0.1) is 0 Å². The van der Waals surface area contributed by atoms with E-state index in [2.05, 4.69) is 0 Å². The Balaban J connectivity index is 3.39. The van der Waals surface area contributed by atoms with Crippen LogP contribution in [0.15, 0.2) is 18.2 Å². The SMILES string of the molecule is COc1cccc(C(C)(C)CO)c1C(C)F. The molecule has 0 aromatic heterocycles. The summed E-state index contributed by atoms with van der Waals surface area (Å²) in [6.45, 7) is 5.22. The van der Waals surface area contributed by atoms with E-state index in [-0.39, 0.29) is 6.61 Å². The molecule has 16 heavy (non-hydrogen) atoms. The molecule has 2 nitrogen and oxygen atoms in total. The number of rotatable bonds is 4. The van der Waals surface area contributed by atoms with Gasteiger partial charge in [-0.1, -0.05) is 26.0 Å². The van der Waals surface area contributed by atoms with Crippen LogP contribution in [0.4, 0.5) is 4.39 Å². The molecule has 0 aliphatic heterocycles. The van der Waals surface area contributed by atoms with Crippen LogP contribution in [-0.2, 0) is 5.41 Å². The average molecular weight is 226 g/mol. The molecule has 3 heteroatoms. The molecular weight excluding hydrogens is 207 g/mol. The lowest BCUT2D eigenvalue weighted by Gasteiger charge is -2.27. The van der Waals surface area contributed by atoms with E-state index in [0.29, 0.717) is 11.3 Å². The largest absolute Gasteiger partial charge is 0.496 e. The summed E-state index contributed by atoms with van der Waals surface area (Å²) in [7, 11) is 1.52. The molecule has 1 N–H and O–H groups in total. The standard InChI is InChI=1S/C13H19FO2/c1-9(14)12-10(13(2,3)8-15)6-5-7-11(12)16-4/h5-7,9,15H,8H2,1-4H3. The van der Waals surface area contributed by atoms with Gasteiger partial charge in [-0.3, -0.25) is 0 Å². The van der Waals surface area contributed by atoms with Crippen LogP contribution in [0.1, 0.15) is 38.1 Å². The molecule has 0 aliphatic carbocycles. The maximum atomic E-state index is 13.6. The molecule has 0 fully saturated rings. The van der Waals surface area contributed by atoms with Crippen molar-refractivity contribution in [1.82, 2.24) is 0 Å². The third-order valence-electron chi connectivity index (χ3n) is 2.81. The Labute approximate surface area is 96.1 Å². The van der Waals surface area contributed by atoms with Crippen LogP contribution < -0.4 is 4.74 Å². The fourth-order valence-electron chi connectivity index (χ4n) is 1.81. The first-order valence-corrected chi connectivity index (χ1v) is 5.36. The van der Waals surface area contributed by atoms with Crippen molar-refractivity contribution < 1.29 is 14.2 Å². The van der Waals surface area contributed by atoms with E-state index >= 15 is 0 Å². The summed E-state index contributed by atoms with van der Waals surface area (Å²) < 4.78 is 18.8. The highest BCUT2D eigenvalue weighted by molar-refractivity contribution is 5.45. The minimum Gasteiger partial charge on any atom is -0.496 e. The van der Waals surface area contributed by atoms with E-state index in [1.54, 1.807) is 6.07 Å². The monoisotopic (exact) mass is 226 g/mol. The van der Waals surface area contributed by atoms with E-state index in [9.17, 15) is 9.50 Å². The van der Waals surface area contributed by atoms with Gasteiger partial charge < -0.3 is 9.84 Å². The van der Waals surface area contributed by atoms with Crippen LogP contribution in [-0.4, -0.2) is 18.8 Å². The summed E-state index contributed by atoms with van der Waals surface area (Å²) >= 11 is 0. The average Bonchev–Trinajstić information content (AvgIpc) is 2.27. The van der Waals surface area contributed by atoms with E-state index < -0.39 is 11.6 Å². The quantitative estimate of drug-likeness (QED) is 0.855. The van der Waals surface area contributed by atoms with Gasteiger partial charge in [-0.2, -0.15) is 0 Å². The van der Waals surface area contributed by atoms with Crippen molar-refractivity contribution in [3.8, 4) is 5.75 Å². The Hall–Kier alpha value is -1.09. The van der Waals surface area contributed by atoms with E-state index in [0.717, 1.165) is 5.56 Å². The van der Waals surface area contributed by atoms with Gasteiger partial charge >= 0.3 is 0 Å². The molecular formula is C13H19FO2. The normalized spacial score (nSPS) is 13.6. The predicted molar refractivity (Wildman–Crippen MR) is 62.6 cm³/mol. The molecule has 1 aromatic carbocycles. The number of benzene rings is 1. The zero-order valence-corrected chi connectivity index (χ0v) is 10.2. The van der Waals surface area contributed by atoms with Gasteiger partial charge in [0, 0.05) is 11.0 Å². The second-order valence-corrected chi connectivity index (χ2v) is 4.58. The van der Waals surface area contributed by atoms with Crippen molar-refractivity contribution in [3.63, 3.8) is 0 Å². The van der Waals surface area contributed by atoms with Crippen LogP contribution in [0.3, 0.4) is 0 Å². The first-order chi connectivity index (χ1) is 7.44. The lowest BCUT2D eigenvalue weighted by atomic mass is 9.81. The van der Waals surface area contributed by atoms with Gasteiger partial charge in [0.2, 0.25) is 0 Å². The third kappa shape index (κ3) is 2.35. The van der Waals surface area contributed by atoms with Crippen LogP contribution in [0.2, 0.25) is 0 Å². The number of alkyl halides is 1. The van der Waals surface area contributed by atoms with Gasteiger partial charge in [-0.25, -0.2) is 4.39 Å². The Morgan fingerprint density at radius 3 is 2.50 bits per heavy atom. The van der Waals surface area contributed by atoms with Crippen LogP contribution in [0.5, 0.6) is 5.75 Å². The van der Waals surface area contributed by atoms with Gasteiger partial charge in [0.15, 0.2) is 0 Å². The highest BCUT2D eigenvalue weighted by Gasteiger charge is 2.27. The van der Waals surface area contributed by atoms with Crippen molar-refractivity contribution in [2.24, 2.45) is 0 Å². The van der Waals surface area contributed by atoms with Gasteiger partial charge in [-0.15, -0.1) is 0 Å². The summed E-state index contributed by atoms with van der Waals surface area (Å²) in [6.07, 6.45) is -1.11. The molecule has 0 saturated carbocycles. The van der Waals surface area contributed by atoms with E-state index in [1.807, 2.05) is 26.0 Å². The van der Waals surface area contributed by atoms with Crippen molar-refractivity contribution >= 4 is 0 Å². The molecule has 1 aromatic rings. The number of ether oxygens (including phenoxy) is 1. The number of aliphatic hydroxyl groups excluding tert-OH is 1.